The van der Waals surface area contributed by atoms with Crippen molar-refractivity contribution in [2.45, 2.75) is 25.8 Å². The fourth-order valence-electron chi connectivity index (χ4n) is 3.44. The number of nitrogens with zero attached hydrogens (tertiary/aromatic N) is 2. The molecule has 30 heavy (non-hydrogen) atoms. The van der Waals surface area contributed by atoms with Crippen molar-refractivity contribution in [2.24, 2.45) is 0 Å². The highest BCUT2D eigenvalue weighted by Crippen LogP contribution is 2.27. The number of hydrogen-bond donors (Lipinski definition) is 1. The van der Waals surface area contributed by atoms with E-state index in [1.165, 1.54) is 11.8 Å². The molecule has 0 aromatic heterocycles. The molecule has 0 spiro atoms. The maximum atomic E-state index is 13.1. The lowest BCUT2D eigenvalue weighted by Crippen LogP contribution is -2.46. The molecule has 2 aromatic carbocycles. The van der Waals surface area contributed by atoms with E-state index in [0.717, 1.165) is 10.5 Å². The standard InChI is InChI=1S/C23H23N3O4/c1-3-13-25(21(28)14-17-7-5-4-6-8-17)20-15-22(29)26(23(20)30)19-11-9-18(10-12-19)24-16(2)27/h3-12,20H,1,13-15H2,2H3,(H,24,27). The molecule has 1 N–H and O–H groups in total. The van der Waals surface area contributed by atoms with Crippen LogP contribution in [0.25, 0.3) is 0 Å². The molecular weight excluding hydrogens is 382 g/mol. The predicted molar refractivity (Wildman–Crippen MR) is 114 cm³/mol. The van der Waals surface area contributed by atoms with Gasteiger partial charge < -0.3 is 10.2 Å². The summed E-state index contributed by atoms with van der Waals surface area (Å²) in [6, 6.07) is 14.8. The van der Waals surface area contributed by atoms with E-state index in [2.05, 4.69) is 11.9 Å². The monoisotopic (exact) mass is 405 g/mol. The summed E-state index contributed by atoms with van der Waals surface area (Å²) in [5, 5.41) is 2.64. The minimum Gasteiger partial charge on any atom is -0.326 e. The highest BCUT2D eigenvalue weighted by molar-refractivity contribution is 6.23. The van der Waals surface area contributed by atoms with Gasteiger partial charge in [0, 0.05) is 19.2 Å². The fourth-order valence-corrected chi connectivity index (χ4v) is 3.44. The van der Waals surface area contributed by atoms with Crippen molar-refractivity contribution in [1.82, 2.24) is 4.90 Å². The fraction of sp³-hybridized carbons (Fsp3) is 0.217. The second kappa shape index (κ2) is 9.17. The molecule has 0 radical (unpaired) electrons. The predicted octanol–water partition coefficient (Wildman–Crippen LogP) is 2.53. The third kappa shape index (κ3) is 4.63. The van der Waals surface area contributed by atoms with Crippen molar-refractivity contribution in [3.63, 3.8) is 0 Å². The molecular formula is C23H23N3O4. The Bertz CT molecular complexity index is 970. The molecule has 4 amide bonds. The molecule has 2 aromatic rings. The summed E-state index contributed by atoms with van der Waals surface area (Å²) in [6.07, 6.45) is 1.60. The number of benzene rings is 2. The molecule has 1 saturated heterocycles. The third-order valence-electron chi connectivity index (χ3n) is 4.79. The largest absolute Gasteiger partial charge is 0.326 e. The molecule has 1 heterocycles. The number of carbonyl (C=O) groups excluding carboxylic acids is 4. The van der Waals surface area contributed by atoms with Crippen LogP contribution in [0.5, 0.6) is 0 Å². The number of anilines is 2. The summed E-state index contributed by atoms with van der Waals surface area (Å²) in [4.78, 5) is 52.2. The number of amides is 4. The Hall–Kier alpha value is -3.74. The second-order valence-corrected chi connectivity index (χ2v) is 7.01. The number of nitrogens with one attached hydrogen (secondary N) is 1. The van der Waals surface area contributed by atoms with E-state index >= 15 is 0 Å². The van der Waals surface area contributed by atoms with Gasteiger partial charge in [-0.05, 0) is 29.8 Å². The van der Waals surface area contributed by atoms with E-state index in [-0.39, 0.29) is 37.1 Å². The molecule has 1 aliphatic rings. The number of carbonyl (C=O) groups is 4. The summed E-state index contributed by atoms with van der Waals surface area (Å²) in [7, 11) is 0. The van der Waals surface area contributed by atoms with Gasteiger partial charge in [0.1, 0.15) is 6.04 Å². The molecule has 1 fully saturated rings. The topological polar surface area (TPSA) is 86.8 Å². The molecule has 7 nitrogen and oxygen atoms in total. The normalized spacial score (nSPS) is 15.8. The van der Waals surface area contributed by atoms with Crippen molar-refractivity contribution in [2.75, 3.05) is 16.8 Å². The Kier molecular flexibility index (Phi) is 6.41. The molecule has 1 atom stereocenters. The molecule has 7 heteroatoms. The van der Waals surface area contributed by atoms with Gasteiger partial charge >= 0.3 is 0 Å². The first kappa shape index (κ1) is 21.0. The molecule has 0 aliphatic carbocycles. The van der Waals surface area contributed by atoms with Crippen LogP contribution in [0.3, 0.4) is 0 Å². The molecule has 3 rings (SSSR count). The van der Waals surface area contributed by atoms with E-state index in [9.17, 15) is 19.2 Å². The Morgan fingerprint density at radius 3 is 2.40 bits per heavy atom. The number of hydrogen-bond acceptors (Lipinski definition) is 4. The van der Waals surface area contributed by atoms with E-state index in [4.69, 9.17) is 0 Å². The summed E-state index contributed by atoms with van der Waals surface area (Å²) in [5.74, 6) is -1.28. The highest BCUT2D eigenvalue weighted by Gasteiger charge is 2.43. The van der Waals surface area contributed by atoms with Crippen molar-refractivity contribution < 1.29 is 19.2 Å². The van der Waals surface area contributed by atoms with Crippen LogP contribution in [-0.4, -0.2) is 41.1 Å². The summed E-state index contributed by atoms with van der Waals surface area (Å²) in [5.41, 5.74) is 1.79. The Labute approximate surface area is 175 Å². The van der Waals surface area contributed by atoms with E-state index < -0.39 is 11.9 Å². The van der Waals surface area contributed by atoms with Gasteiger partial charge in [0.2, 0.25) is 17.7 Å². The second-order valence-electron chi connectivity index (χ2n) is 7.01. The quantitative estimate of drug-likeness (QED) is 0.567. The maximum Gasteiger partial charge on any atom is 0.257 e. The average molecular weight is 405 g/mol. The van der Waals surface area contributed by atoms with Crippen molar-refractivity contribution in [3.8, 4) is 0 Å². The van der Waals surface area contributed by atoms with Gasteiger partial charge in [-0.25, -0.2) is 4.90 Å². The van der Waals surface area contributed by atoms with E-state index in [1.54, 1.807) is 30.3 Å². The minimum absolute atomic E-state index is 0.0827. The maximum absolute atomic E-state index is 13.1. The summed E-state index contributed by atoms with van der Waals surface area (Å²) >= 11 is 0. The van der Waals surface area contributed by atoms with Crippen LogP contribution >= 0.6 is 0 Å². The lowest BCUT2D eigenvalue weighted by Gasteiger charge is -2.26. The van der Waals surface area contributed by atoms with Gasteiger partial charge in [-0.3, -0.25) is 19.2 Å². The average Bonchev–Trinajstić information content (AvgIpc) is 3.01. The third-order valence-corrected chi connectivity index (χ3v) is 4.79. The van der Waals surface area contributed by atoms with Gasteiger partial charge in [0.15, 0.2) is 0 Å². The van der Waals surface area contributed by atoms with Crippen LogP contribution in [0, 0.1) is 0 Å². The van der Waals surface area contributed by atoms with E-state index in [0.29, 0.717) is 11.4 Å². The van der Waals surface area contributed by atoms with Crippen LogP contribution in [0.4, 0.5) is 11.4 Å². The lowest BCUT2D eigenvalue weighted by atomic mass is 10.1. The Morgan fingerprint density at radius 1 is 1.13 bits per heavy atom. The van der Waals surface area contributed by atoms with Gasteiger partial charge in [0.25, 0.3) is 5.91 Å². The molecule has 1 unspecified atom stereocenters. The summed E-state index contributed by atoms with van der Waals surface area (Å²) in [6.45, 7) is 5.24. The zero-order valence-electron chi connectivity index (χ0n) is 16.7. The van der Waals surface area contributed by atoms with Crippen molar-refractivity contribution in [1.29, 1.82) is 0 Å². The van der Waals surface area contributed by atoms with Crippen LogP contribution in [0.15, 0.2) is 67.3 Å². The van der Waals surface area contributed by atoms with Crippen LogP contribution in [0.1, 0.15) is 18.9 Å². The zero-order valence-corrected chi connectivity index (χ0v) is 16.7. The molecule has 1 aliphatic heterocycles. The van der Waals surface area contributed by atoms with Gasteiger partial charge in [-0.15, -0.1) is 6.58 Å². The Balaban J connectivity index is 1.79. The van der Waals surface area contributed by atoms with Crippen molar-refractivity contribution >= 4 is 35.0 Å². The van der Waals surface area contributed by atoms with E-state index in [1.807, 2.05) is 30.3 Å². The first-order chi connectivity index (χ1) is 14.4. The minimum atomic E-state index is -0.873. The van der Waals surface area contributed by atoms with Crippen LogP contribution < -0.4 is 10.2 Å². The van der Waals surface area contributed by atoms with Crippen LogP contribution in [-0.2, 0) is 25.6 Å². The molecule has 0 saturated carbocycles. The number of imide groups is 1. The summed E-state index contributed by atoms with van der Waals surface area (Å²) < 4.78 is 0. The van der Waals surface area contributed by atoms with Gasteiger partial charge in [-0.1, -0.05) is 36.4 Å². The van der Waals surface area contributed by atoms with Gasteiger partial charge in [-0.2, -0.15) is 0 Å². The zero-order chi connectivity index (χ0) is 21.7. The molecule has 154 valence electrons. The first-order valence-corrected chi connectivity index (χ1v) is 9.59. The number of rotatable bonds is 7. The van der Waals surface area contributed by atoms with Gasteiger partial charge in [0.05, 0.1) is 18.5 Å². The van der Waals surface area contributed by atoms with Crippen LogP contribution in [0.2, 0.25) is 0 Å². The lowest BCUT2D eigenvalue weighted by molar-refractivity contribution is -0.137. The smallest absolute Gasteiger partial charge is 0.257 e. The van der Waals surface area contributed by atoms with Crippen molar-refractivity contribution in [3.05, 3.63) is 72.8 Å². The highest BCUT2D eigenvalue weighted by atomic mass is 16.2. The Morgan fingerprint density at radius 2 is 1.80 bits per heavy atom. The first-order valence-electron chi connectivity index (χ1n) is 9.59. The SMILES string of the molecule is C=CCN(C(=O)Cc1ccccc1)C1CC(=O)N(c2ccc(NC(C)=O)cc2)C1=O. The molecule has 0 bridgehead atoms.